The summed E-state index contributed by atoms with van der Waals surface area (Å²) in [5, 5.41) is 9.32. The predicted molar refractivity (Wildman–Crippen MR) is 76.7 cm³/mol. The van der Waals surface area contributed by atoms with Crippen molar-refractivity contribution in [3.8, 4) is 0 Å². The smallest absolute Gasteiger partial charge is 0.255 e. The summed E-state index contributed by atoms with van der Waals surface area (Å²) in [6.45, 7) is 10.2. The molecule has 0 bridgehead atoms. The Hall–Kier alpha value is -1.14. The highest BCUT2D eigenvalue weighted by molar-refractivity contribution is 5.86. The first-order valence-corrected chi connectivity index (χ1v) is 7.17. The second-order valence-corrected chi connectivity index (χ2v) is 6.29. The molecule has 1 atom stereocenters. The monoisotopic (exact) mass is 285 g/mol. The number of hydrogen-bond acceptors (Lipinski definition) is 4. The third kappa shape index (κ3) is 3.49. The molecule has 116 valence electrons. The Morgan fingerprint density at radius 2 is 1.65 bits per heavy atom. The first kappa shape index (κ1) is 16.9. The molecule has 20 heavy (non-hydrogen) atoms. The lowest BCUT2D eigenvalue weighted by atomic mass is 9.92. The quantitative estimate of drug-likeness (QED) is 0.756. The van der Waals surface area contributed by atoms with Crippen LogP contribution in [-0.2, 0) is 9.59 Å². The van der Waals surface area contributed by atoms with E-state index in [0.29, 0.717) is 18.9 Å². The van der Waals surface area contributed by atoms with Crippen LogP contribution in [0.4, 0.5) is 0 Å². The summed E-state index contributed by atoms with van der Waals surface area (Å²) in [5.41, 5.74) is 3.98. The average molecular weight is 285 g/mol. The highest BCUT2D eigenvalue weighted by Gasteiger charge is 2.40. The van der Waals surface area contributed by atoms with E-state index in [-0.39, 0.29) is 18.0 Å². The lowest BCUT2D eigenvalue weighted by Gasteiger charge is -2.17. The number of hydrogen-bond donors (Lipinski definition) is 2. The molecule has 0 saturated carbocycles. The average Bonchev–Trinajstić information content (AvgIpc) is 2.79. The van der Waals surface area contributed by atoms with Crippen molar-refractivity contribution in [3.63, 3.8) is 0 Å². The largest absolute Gasteiger partial charge is 0.380 e. The van der Waals surface area contributed by atoms with Crippen LogP contribution in [0.2, 0.25) is 0 Å². The van der Waals surface area contributed by atoms with E-state index in [2.05, 4.69) is 0 Å². The van der Waals surface area contributed by atoms with Gasteiger partial charge in [0.15, 0.2) is 0 Å². The summed E-state index contributed by atoms with van der Waals surface area (Å²) in [4.78, 5) is 25.8. The van der Waals surface area contributed by atoms with Crippen LogP contribution in [0.5, 0.6) is 0 Å². The van der Waals surface area contributed by atoms with Gasteiger partial charge in [-0.2, -0.15) is 0 Å². The minimum absolute atomic E-state index is 0.0873. The summed E-state index contributed by atoms with van der Waals surface area (Å²) in [6.07, 6.45) is 1.50. The molecule has 6 heteroatoms. The predicted octanol–water partition coefficient (Wildman–Crippen LogP) is 0.151. The SMILES string of the molecule is CC1(O)CCN(CN)C1=O.CCN1CCC(C)(C)C1=O. The normalized spacial score (nSPS) is 28.7. The van der Waals surface area contributed by atoms with Gasteiger partial charge in [0.05, 0.1) is 6.67 Å². The van der Waals surface area contributed by atoms with Gasteiger partial charge in [-0.15, -0.1) is 0 Å². The molecule has 0 radical (unpaired) electrons. The van der Waals surface area contributed by atoms with Gasteiger partial charge < -0.3 is 20.6 Å². The third-order valence-electron chi connectivity index (χ3n) is 4.09. The highest BCUT2D eigenvalue weighted by atomic mass is 16.3. The molecule has 0 spiro atoms. The molecular formula is C14H27N3O3. The number of rotatable bonds is 2. The molecule has 0 aromatic heterocycles. The van der Waals surface area contributed by atoms with E-state index < -0.39 is 5.60 Å². The van der Waals surface area contributed by atoms with Crippen molar-refractivity contribution in [2.24, 2.45) is 11.1 Å². The van der Waals surface area contributed by atoms with Crippen LogP contribution in [-0.4, -0.2) is 58.6 Å². The van der Waals surface area contributed by atoms with Crippen molar-refractivity contribution >= 4 is 11.8 Å². The zero-order valence-electron chi connectivity index (χ0n) is 13.0. The van der Waals surface area contributed by atoms with E-state index in [1.54, 1.807) is 0 Å². The van der Waals surface area contributed by atoms with Gasteiger partial charge in [0.2, 0.25) is 5.91 Å². The molecule has 2 aliphatic rings. The maximum Gasteiger partial charge on any atom is 0.255 e. The first-order chi connectivity index (χ1) is 9.15. The molecule has 2 heterocycles. The number of carbonyl (C=O) groups is 2. The summed E-state index contributed by atoms with van der Waals surface area (Å²) < 4.78 is 0. The third-order valence-corrected chi connectivity index (χ3v) is 4.09. The highest BCUT2D eigenvalue weighted by Crippen LogP contribution is 2.29. The maximum absolute atomic E-state index is 11.4. The molecule has 6 nitrogen and oxygen atoms in total. The molecule has 2 amide bonds. The van der Waals surface area contributed by atoms with Crippen molar-refractivity contribution in [2.75, 3.05) is 26.3 Å². The molecule has 0 aliphatic carbocycles. The Kier molecular flexibility index (Phi) is 5.15. The van der Waals surface area contributed by atoms with Crippen molar-refractivity contribution in [2.45, 2.75) is 46.1 Å². The van der Waals surface area contributed by atoms with Gasteiger partial charge in [-0.25, -0.2) is 0 Å². The fourth-order valence-electron chi connectivity index (χ4n) is 2.43. The topological polar surface area (TPSA) is 86.9 Å². The lowest BCUT2D eigenvalue weighted by Crippen LogP contribution is -2.39. The Bertz CT molecular complexity index is 344. The van der Waals surface area contributed by atoms with Crippen molar-refractivity contribution < 1.29 is 14.7 Å². The summed E-state index contributed by atoms with van der Waals surface area (Å²) in [6, 6.07) is 0. The van der Waals surface area contributed by atoms with Gasteiger partial charge in [0.1, 0.15) is 5.60 Å². The standard InChI is InChI=1S/C8H15NO.C6H12N2O2/c1-4-9-6-5-8(2,3)7(9)10;1-6(10)2-3-8(4-7)5(6)9/h4-6H2,1-3H3;10H,2-4,7H2,1H3. The van der Waals surface area contributed by atoms with Gasteiger partial charge in [0.25, 0.3) is 5.91 Å². The molecule has 2 fully saturated rings. The van der Waals surface area contributed by atoms with Crippen molar-refractivity contribution in [1.82, 2.24) is 9.80 Å². The molecule has 2 saturated heterocycles. The van der Waals surface area contributed by atoms with Crippen LogP contribution in [0.1, 0.15) is 40.5 Å². The van der Waals surface area contributed by atoms with E-state index in [1.165, 1.54) is 11.8 Å². The van der Waals surface area contributed by atoms with Crippen LogP contribution in [0.15, 0.2) is 0 Å². The van der Waals surface area contributed by atoms with E-state index in [9.17, 15) is 14.7 Å². The molecule has 2 aliphatic heterocycles. The van der Waals surface area contributed by atoms with E-state index >= 15 is 0 Å². The van der Waals surface area contributed by atoms with Gasteiger partial charge in [-0.05, 0) is 20.3 Å². The molecule has 3 N–H and O–H groups in total. The first-order valence-electron chi connectivity index (χ1n) is 7.17. The number of aliphatic hydroxyl groups is 1. The fourth-order valence-corrected chi connectivity index (χ4v) is 2.43. The number of amides is 2. The van der Waals surface area contributed by atoms with Crippen LogP contribution < -0.4 is 5.73 Å². The van der Waals surface area contributed by atoms with Gasteiger partial charge >= 0.3 is 0 Å². The van der Waals surface area contributed by atoms with E-state index in [1.807, 2.05) is 25.7 Å². The summed E-state index contributed by atoms with van der Waals surface area (Å²) in [7, 11) is 0. The minimum atomic E-state index is -1.17. The summed E-state index contributed by atoms with van der Waals surface area (Å²) >= 11 is 0. The molecular weight excluding hydrogens is 258 g/mol. The lowest BCUT2D eigenvalue weighted by molar-refractivity contribution is -0.141. The van der Waals surface area contributed by atoms with Gasteiger partial charge in [0, 0.05) is 31.5 Å². The van der Waals surface area contributed by atoms with Gasteiger partial charge in [-0.1, -0.05) is 13.8 Å². The van der Waals surface area contributed by atoms with Gasteiger partial charge in [-0.3, -0.25) is 9.59 Å². The Morgan fingerprint density at radius 1 is 1.10 bits per heavy atom. The molecule has 0 aromatic rings. The molecule has 0 aromatic carbocycles. The Labute approximate surface area is 120 Å². The number of likely N-dealkylation sites (tertiary alicyclic amines) is 2. The van der Waals surface area contributed by atoms with Crippen molar-refractivity contribution in [3.05, 3.63) is 0 Å². The Balaban J connectivity index is 0.000000200. The van der Waals surface area contributed by atoms with Crippen molar-refractivity contribution in [1.29, 1.82) is 0 Å². The van der Waals surface area contributed by atoms with Crippen LogP contribution >= 0.6 is 0 Å². The fraction of sp³-hybridized carbons (Fsp3) is 0.857. The number of carbonyl (C=O) groups excluding carboxylic acids is 2. The zero-order valence-corrected chi connectivity index (χ0v) is 13.0. The maximum atomic E-state index is 11.4. The minimum Gasteiger partial charge on any atom is -0.380 e. The second-order valence-electron chi connectivity index (χ2n) is 6.29. The molecule has 2 rings (SSSR count). The zero-order chi connectivity index (χ0) is 15.6. The Morgan fingerprint density at radius 3 is 1.85 bits per heavy atom. The van der Waals surface area contributed by atoms with Crippen LogP contribution in [0.25, 0.3) is 0 Å². The second kappa shape index (κ2) is 6.10. The van der Waals surface area contributed by atoms with E-state index in [4.69, 9.17) is 5.73 Å². The van der Waals surface area contributed by atoms with Crippen LogP contribution in [0, 0.1) is 5.41 Å². The van der Waals surface area contributed by atoms with Crippen LogP contribution in [0.3, 0.4) is 0 Å². The van der Waals surface area contributed by atoms with E-state index in [0.717, 1.165) is 19.5 Å². The molecule has 1 unspecified atom stereocenters. The number of nitrogens with two attached hydrogens (primary N) is 1. The number of nitrogens with zero attached hydrogens (tertiary/aromatic N) is 2. The summed E-state index contributed by atoms with van der Waals surface area (Å²) in [5.74, 6) is 0.0602.